The third kappa shape index (κ3) is 19.5. The first kappa shape index (κ1) is 71.8. The van der Waals surface area contributed by atoms with Crippen LogP contribution in [-0.2, 0) is 51.0 Å². The number of aryl methyl sites for hydroxylation is 2. The van der Waals surface area contributed by atoms with Gasteiger partial charge in [-0.1, -0.05) is 41.5 Å². The number of isocyanates is 1. The Balaban J connectivity index is 0.000000234. The highest BCUT2D eigenvalue weighted by Crippen LogP contribution is 2.39. The number of nitrogens with two attached hydrogens (primary N) is 2. The number of rotatable bonds is 17. The molecule has 8 aromatic rings. The smallest absolute Gasteiger partial charge is 0.333 e. The second-order valence-electron chi connectivity index (χ2n) is 21.7. The maximum atomic E-state index is 14.5. The molecule has 5 heterocycles. The Kier molecular flexibility index (Phi) is 25.2. The summed E-state index contributed by atoms with van der Waals surface area (Å²) in [7, 11) is -0.486. The molecule has 3 aromatic carbocycles. The molecule has 6 N–H and O–H groups in total. The molecule has 23 nitrogen and oxygen atoms in total. The molecule has 0 spiro atoms. The van der Waals surface area contributed by atoms with Crippen molar-refractivity contribution in [2.75, 3.05) is 39.2 Å². The maximum Gasteiger partial charge on any atom is 0.333 e. The fraction of sp³-hybridized carbons (Fsp3) is 0.302. The highest BCUT2D eigenvalue weighted by molar-refractivity contribution is 7.90. The van der Waals surface area contributed by atoms with E-state index in [-0.39, 0.29) is 62.0 Å². The first-order chi connectivity index (χ1) is 42.9. The Hall–Kier alpha value is -9.98. The predicted molar refractivity (Wildman–Crippen MR) is 339 cm³/mol. The number of pyridine rings is 3. The fourth-order valence-corrected chi connectivity index (χ4v) is 10.5. The van der Waals surface area contributed by atoms with Crippen molar-refractivity contribution in [3.63, 3.8) is 0 Å². The summed E-state index contributed by atoms with van der Waals surface area (Å²) < 4.78 is 95.3. The van der Waals surface area contributed by atoms with Gasteiger partial charge in [-0.2, -0.15) is 39.4 Å². The Morgan fingerprint density at radius 2 is 1.00 bits per heavy atom. The molecule has 8 rings (SSSR count). The number of hydrogen-bond acceptors (Lipinski definition) is 18. The van der Waals surface area contributed by atoms with Crippen LogP contribution in [0.4, 0.5) is 35.0 Å². The van der Waals surface area contributed by atoms with Crippen LogP contribution in [0.5, 0.6) is 0 Å². The molecule has 91 heavy (non-hydrogen) atoms. The molecular formula is C63H70F3N17O6S2. The number of nitrogens with zero attached hydrogens (tertiary/aromatic N) is 13. The first-order valence-corrected chi connectivity index (χ1v) is 31.1. The number of aliphatic imine (C=N–C) groups is 1. The van der Waals surface area contributed by atoms with Crippen LogP contribution in [0.2, 0.25) is 0 Å². The highest BCUT2D eigenvalue weighted by atomic mass is 32.2. The van der Waals surface area contributed by atoms with Crippen LogP contribution < -0.4 is 20.9 Å². The summed E-state index contributed by atoms with van der Waals surface area (Å²) in [6.45, 7) is 17.2. The maximum absolute atomic E-state index is 14.5. The van der Waals surface area contributed by atoms with Gasteiger partial charge in [-0.25, -0.2) is 56.0 Å². The lowest BCUT2D eigenvalue weighted by molar-refractivity contribution is 0.256. The summed E-state index contributed by atoms with van der Waals surface area (Å²) in [6.07, 6.45) is 5.89. The zero-order chi connectivity index (χ0) is 67.7. The molecule has 0 fully saturated rings. The molecular weight excluding hydrogens is 1210 g/mol. The molecule has 0 bridgehead atoms. The zero-order valence-corrected chi connectivity index (χ0v) is 53.9. The lowest BCUT2D eigenvalue weighted by atomic mass is 9.94. The largest absolute Gasteiger partial charge is 0.398 e. The number of sulfonamides is 2. The minimum absolute atomic E-state index is 0.0103. The second kappa shape index (κ2) is 32.0. The minimum Gasteiger partial charge on any atom is -0.398 e. The summed E-state index contributed by atoms with van der Waals surface area (Å²) in [5, 5.41) is 42.3. The van der Waals surface area contributed by atoms with Gasteiger partial charge in [-0.15, -0.1) is 0 Å². The van der Waals surface area contributed by atoms with E-state index in [0.29, 0.717) is 82.2 Å². The van der Waals surface area contributed by atoms with Crippen LogP contribution in [0, 0.1) is 51.4 Å². The lowest BCUT2D eigenvalue weighted by Gasteiger charge is -2.19. The molecule has 0 aliphatic carbocycles. The third-order valence-electron chi connectivity index (χ3n) is 13.3. The van der Waals surface area contributed by atoms with Crippen LogP contribution in [0.1, 0.15) is 118 Å². The van der Waals surface area contributed by atoms with E-state index in [1.54, 1.807) is 33.6 Å². The van der Waals surface area contributed by atoms with Crippen molar-refractivity contribution in [2.45, 2.75) is 109 Å². The van der Waals surface area contributed by atoms with Crippen LogP contribution >= 0.6 is 0 Å². The summed E-state index contributed by atoms with van der Waals surface area (Å²) in [4.78, 5) is 42.8. The minimum atomic E-state index is -4.30. The van der Waals surface area contributed by atoms with Gasteiger partial charge in [0, 0.05) is 79.3 Å². The predicted octanol–water partition coefficient (Wildman–Crippen LogP) is 10.6. The number of nitrogens with one attached hydrogen (secondary N) is 2. The molecule has 0 aliphatic heterocycles. The number of nitrogen functional groups attached to an aromatic ring is 1. The Morgan fingerprint density at radius 1 is 0.604 bits per heavy atom. The fourth-order valence-electron chi connectivity index (χ4n) is 9.13. The topological polar surface area (TPSA) is 343 Å². The number of hydrogen-bond donors (Lipinski definition) is 4. The molecule has 0 radical (unpaired) electrons. The molecule has 2 amide bonds. The van der Waals surface area contributed by atoms with Gasteiger partial charge in [0.25, 0.3) is 20.0 Å². The number of nitriles is 3. The molecule has 28 heteroatoms. The van der Waals surface area contributed by atoms with Gasteiger partial charge in [0.15, 0.2) is 10.1 Å². The molecule has 0 atom stereocenters. The number of anilines is 2. The van der Waals surface area contributed by atoms with Gasteiger partial charge >= 0.3 is 6.03 Å². The van der Waals surface area contributed by atoms with Crippen molar-refractivity contribution in [3.8, 4) is 51.6 Å². The number of halogens is 3. The molecule has 0 saturated heterocycles. The quantitative estimate of drug-likeness (QED) is 0.0374. The average molecular weight is 1280 g/mol. The normalized spacial score (nSPS) is 11.1. The van der Waals surface area contributed by atoms with Gasteiger partial charge in [-0.3, -0.25) is 9.36 Å². The van der Waals surface area contributed by atoms with Crippen molar-refractivity contribution in [2.24, 2.45) is 10.1 Å². The number of benzene rings is 3. The molecule has 476 valence electrons. The molecule has 0 aliphatic rings. The van der Waals surface area contributed by atoms with Crippen molar-refractivity contribution in [1.82, 2.24) is 49.0 Å². The van der Waals surface area contributed by atoms with Gasteiger partial charge in [-0.05, 0) is 166 Å². The molecule has 0 unspecified atom stereocenters. The number of urea groups is 1. The second-order valence-corrected chi connectivity index (χ2v) is 24.9. The van der Waals surface area contributed by atoms with Crippen molar-refractivity contribution in [1.29, 1.82) is 15.8 Å². The molecule has 0 saturated carbocycles. The average Bonchev–Trinajstić information content (AvgIpc) is 1.74. The standard InChI is InChI=1S/C24H28FN7O3S.C16H12FN3O.C15H14FN3.C8H16N4O2S/c1-6-32-19(14-31(4)5)12-22(29-32)36(34,35)30-24(33)28-23-20(15(2)3)10-17(25)11-21(23)16-7-8-27-18(9-16)13-26;1-10(2)14-6-12(17)7-15(16(14)20-9-21)11-3-4-19-13(5-11)8-18;1-9(2)13-6-11(16)7-14(15(13)18)10-3-4-19-12(5-10)8-17;1-4-12-7(6-11(2)3)5-8(10-12)15(9,13)14/h7-12,15H,6,14H2,1-5H3,(H2,28,30,33);3-7,10H,1-2H3;3-7,9H,18H2,1-2H3;5H,4,6H2,1-3H3,(H2,9,13,14). The Bertz CT molecular complexity index is 4350. The lowest BCUT2D eigenvalue weighted by Crippen LogP contribution is -2.35. The molecule has 5 aromatic heterocycles. The third-order valence-corrected chi connectivity index (χ3v) is 15.3. The monoisotopic (exact) mass is 1280 g/mol. The van der Waals surface area contributed by atoms with Gasteiger partial charge in [0.1, 0.15) is 52.7 Å². The van der Waals surface area contributed by atoms with E-state index in [9.17, 15) is 44.9 Å². The van der Waals surface area contributed by atoms with Gasteiger partial charge in [0.2, 0.25) is 6.08 Å². The Morgan fingerprint density at radius 3 is 1.42 bits per heavy atom. The van der Waals surface area contributed by atoms with E-state index in [4.69, 9.17) is 21.4 Å². The summed E-state index contributed by atoms with van der Waals surface area (Å²) in [5.74, 6) is -1.38. The summed E-state index contributed by atoms with van der Waals surface area (Å²) in [6, 6.07) is 25.2. The van der Waals surface area contributed by atoms with Crippen molar-refractivity contribution >= 4 is 49.2 Å². The van der Waals surface area contributed by atoms with E-state index in [0.717, 1.165) is 11.3 Å². The number of aromatic nitrogens is 7. The van der Waals surface area contributed by atoms with E-state index < -0.39 is 37.7 Å². The van der Waals surface area contributed by atoms with Gasteiger partial charge < -0.3 is 20.9 Å². The first-order valence-electron chi connectivity index (χ1n) is 28.1. The number of amides is 2. The summed E-state index contributed by atoms with van der Waals surface area (Å²) >= 11 is 0. The van der Waals surface area contributed by atoms with Crippen molar-refractivity contribution in [3.05, 3.63) is 166 Å². The van der Waals surface area contributed by atoms with Crippen LogP contribution in [0.25, 0.3) is 33.4 Å². The summed E-state index contributed by atoms with van der Waals surface area (Å²) in [5.41, 5.74) is 14.3. The van der Waals surface area contributed by atoms with Crippen LogP contribution in [-0.4, -0.2) is 101 Å². The Labute approximate surface area is 527 Å². The highest BCUT2D eigenvalue weighted by Gasteiger charge is 2.26. The van der Waals surface area contributed by atoms with E-state index >= 15 is 0 Å². The number of carbonyl (C=O) groups excluding carboxylic acids is 2. The van der Waals surface area contributed by atoms with Crippen LogP contribution in [0.15, 0.2) is 119 Å². The van der Waals surface area contributed by atoms with Gasteiger partial charge in [0.05, 0.1) is 22.8 Å². The van der Waals surface area contributed by atoms with Crippen LogP contribution in [0.3, 0.4) is 0 Å². The van der Waals surface area contributed by atoms with E-state index in [1.165, 1.54) is 85.3 Å². The van der Waals surface area contributed by atoms with Crippen molar-refractivity contribution < 1.29 is 39.6 Å². The SMILES string of the molecule is CC(C)c1cc(F)cc(-c2ccnc(C#N)c2)c1N.CC(C)c1cc(F)cc(-c2ccnc(C#N)c2)c1N=C=O.CCn1nc(S(=O)(=O)NC(=O)Nc2c(-c3ccnc(C#N)c3)cc(F)cc2C(C)C)cc1CN(C)C.CCn1nc(S(N)(=O)=O)cc1CN(C)C. The zero-order valence-electron chi connectivity index (χ0n) is 52.2. The number of primary sulfonamides is 1. The van der Waals surface area contributed by atoms with E-state index in [2.05, 4.69) is 35.5 Å². The van der Waals surface area contributed by atoms with E-state index in [1.807, 2.05) is 116 Å². The number of carbonyl (C=O) groups is 1.